The van der Waals surface area contributed by atoms with Crippen LogP contribution in [0.3, 0.4) is 0 Å². The molecule has 0 fully saturated rings. The van der Waals surface area contributed by atoms with Crippen LogP contribution in [0, 0.1) is 12.7 Å². The van der Waals surface area contributed by atoms with Crippen LogP contribution in [0.2, 0.25) is 0 Å². The van der Waals surface area contributed by atoms with Crippen LogP contribution in [0.25, 0.3) is 0 Å². The molecule has 2 aromatic rings. The number of hydrogen-bond donors (Lipinski definition) is 1. The topological polar surface area (TPSA) is 58.6 Å². The second-order valence-electron chi connectivity index (χ2n) is 6.43. The second-order valence-corrected chi connectivity index (χ2v) is 6.43. The average Bonchev–Trinajstić information content (AvgIpc) is 2.63. The minimum absolute atomic E-state index is 0.0175. The van der Waals surface area contributed by atoms with Gasteiger partial charge in [0.05, 0.1) is 13.7 Å². The third kappa shape index (κ3) is 3.91. The van der Waals surface area contributed by atoms with Gasteiger partial charge in [-0.3, -0.25) is 14.5 Å². The summed E-state index contributed by atoms with van der Waals surface area (Å²) in [6.07, 6.45) is 0.495. The minimum atomic E-state index is -0.518. The number of nitrogens with one attached hydrogen (secondary N) is 1. The zero-order valence-electron chi connectivity index (χ0n) is 14.8. The zero-order valence-corrected chi connectivity index (χ0v) is 14.8. The summed E-state index contributed by atoms with van der Waals surface area (Å²) >= 11 is 0. The Kier molecular flexibility index (Phi) is 5.32. The molecule has 0 radical (unpaired) electrons. The fraction of sp³-hybridized carbons (Fsp3) is 0.300. The van der Waals surface area contributed by atoms with Gasteiger partial charge in [-0.2, -0.15) is 0 Å². The molecule has 1 amide bonds. The van der Waals surface area contributed by atoms with Gasteiger partial charge in [-0.1, -0.05) is 30.3 Å². The summed E-state index contributed by atoms with van der Waals surface area (Å²) in [4.78, 5) is 26.4. The van der Waals surface area contributed by atoms with Crippen LogP contribution in [-0.4, -0.2) is 36.5 Å². The molecule has 1 heterocycles. The van der Waals surface area contributed by atoms with E-state index in [1.807, 2.05) is 24.3 Å². The number of benzene rings is 2. The molecule has 6 heteroatoms. The summed E-state index contributed by atoms with van der Waals surface area (Å²) < 4.78 is 18.5. The maximum Gasteiger partial charge on any atom is 0.323 e. The highest BCUT2D eigenvalue weighted by molar-refractivity contribution is 5.92. The Hall–Kier alpha value is -2.73. The summed E-state index contributed by atoms with van der Waals surface area (Å²) in [5.74, 6) is -1.04. The summed E-state index contributed by atoms with van der Waals surface area (Å²) in [6.45, 7) is 2.16. The van der Waals surface area contributed by atoms with Crippen molar-refractivity contribution in [3.63, 3.8) is 0 Å². The van der Waals surface area contributed by atoms with Crippen LogP contribution in [0.5, 0.6) is 0 Å². The van der Waals surface area contributed by atoms with Crippen molar-refractivity contribution < 1.29 is 18.7 Å². The molecular formula is C20H21FN2O3. The molecule has 2 aromatic carbocycles. The molecule has 5 nitrogen and oxygen atoms in total. The highest BCUT2D eigenvalue weighted by Crippen LogP contribution is 2.24. The lowest BCUT2D eigenvalue weighted by molar-refractivity contribution is -0.148. The summed E-state index contributed by atoms with van der Waals surface area (Å²) in [5, 5.41) is 2.69. The highest BCUT2D eigenvalue weighted by Gasteiger charge is 2.33. The molecule has 1 aliphatic heterocycles. The lowest BCUT2D eigenvalue weighted by atomic mass is 9.94. The number of halogens is 1. The van der Waals surface area contributed by atoms with Crippen molar-refractivity contribution in [3.8, 4) is 0 Å². The number of aryl methyl sites for hydroxylation is 1. The van der Waals surface area contributed by atoms with Gasteiger partial charge in [-0.25, -0.2) is 4.39 Å². The SMILES string of the molecule is COC(=O)[C@@H]1Cc2ccccc2CN1CC(=O)Nc1ccc(C)c(F)c1. The van der Waals surface area contributed by atoms with E-state index < -0.39 is 6.04 Å². The number of nitrogens with zero attached hydrogens (tertiary/aromatic N) is 1. The van der Waals surface area contributed by atoms with Crippen LogP contribution in [0.1, 0.15) is 16.7 Å². The van der Waals surface area contributed by atoms with Crippen molar-refractivity contribution >= 4 is 17.6 Å². The van der Waals surface area contributed by atoms with Gasteiger partial charge in [0.2, 0.25) is 5.91 Å². The van der Waals surface area contributed by atoms with Crippen molar-refractivity contribution in [1.82, 2.24) is 4.90 Å². The molecule has 0 bridgehead atoms. The van der Waals surface area contributed by atoms with E-state index >= 15 is 0 Å². The number of ether oxygens (including phenoxy) is 1. The number of hydrogen-bond acceptors (Lipinski definition) is 4. The molecule has 0 aliphatic carbocycles. The van der Waals surface area contributed by atoms with E-state index in [1.165, 1.54) is 13.2 Å². The molecule has 1 N–H and O–H groups in total. The lowest BCUT2D eigenvalue weighted by Gasteiger charge is -2.34. The molecule has 0 aromatic heterocycles. The number of anilines is 1. The van der Waals surface area contributed by atoms with Crippen molar-refractivity contribution in [2.24, 2.45) is 0 Å². The van der Waals surface area contributed by atoms with Gasteiger partial charge < -0.3 is 10.1 Å². The molecule has 26 heavy (non-hydrogen) atoms. The fourth-order valence-electron chi connectivity index (χ4n) is 3.17. The molecule has 136 valence electrons. The second kappa shape index (κ2) is 7.66. The van der Waals surface area contributed by atoms with Crippen LogP contribution in [0.15, 0.2) is 42.5 Å². The third-order valence-corrected chi connectivity index (χ3v) is 4.62. The quantitative estimate of drug-likeness (QED) is 0.856. The van der Waals surface area contributed by atoms with Gasteiger partial charge in [0.1, 0.15) is 11.9 Å². The first-order valence-electron chi connectivity index (χ1n) is 8.42. The van der Waals surface area contributed by atoms with Crippen molar-refractivity contribution in [1.29, 1.82) is 0 Å². The number of fused-ring (bicyclic) bond motifs is 1. The highest BCUT2D eigenvalue weighted by atomic mass is 19.1. The largest absolute Gasteiger partial charge is 0.468 e. The van der Waals surface area contributed by atoms with Gasteiger partial charge >= 0.3 is 5.97 Å². The van der Waals surface area contributed by atoms with Crippen molar-refractivity contribution in [2.75, 3.05) is 19.0 Å². The van der Waals surface area contributed by atoms with Crippen molar-refractivity contribution in [3.05, 3.63) is 65.0 Å². The Balaban J connectivity index is 1.74. The van der Waals surface area contributed by atoms with Gasteiger partial charge in [-0.15, -0.1) is 0 Å². The number of carbonyl (C=O) groups excluding carboxylic acids is 2. The lowest BCUT2D eigenvalue weighted by Crippen LogP contribution is -2.49. The molecule has 0 unspecified atom stereocenters. The molecule has 3 rings (SSSR count). The maximum atomic E-state index is 13.6. The van der Waals surface area contributed by atoms with E-state index in [2.05, 4.69) is 5.32 Å². The summed E-state index contributed by atoms with van der Waals surface area (Å²) in [5.41, 5.74) is 3.08. The Morgan fingerprint density at radius 3 is 2.65 bits per heavy atom. The molecule has 0 saturated heterocycles. The smallest absolute Gasteiger partial charge is 0.323 e. The minimum Gasteiger partial charge on any atom is -0.468 e. The van der Waals surface area contributed by atoms with E-state index in [1.54, 1.807) is 24.0 Å². The van der Waals surface area contributed by atoms with Gasteiger partial charge in [0.25, 0.3) is 0 Å². The van der Waals surface area contributed by atoms with E-state index in [4.69, 9.17) is 4.74 Å². The van der Waals surface area contributed by atoms with Gasteiger partial charge in [0, 0.05) is 12.2 Å². The normalized spacial score (nSPS) is 16.7. The Bertz CT molecular complexity index is 838. The van der Waals surface area contributed by atoms with Crippen LogP contribution in [-0.2, 0) is 27.3 Å². The van der Waals surface area contributed by atoms with Crippen LogP contribution < -0.4 is 5.32 Å². The third-order valence-electron chi connectivity index (χ3n) is 4.62. The van der Waals surface area contributed by atoms with Crippen LogP contribution >= 0.6 is 0 Å². The number of esters is 1. The van der Waals surface area contributed by atoms with Gasteiger partial charge in [-0.05, 0) is 42.2 Å². The van der Waals surface area contributed by atoms with Gasteiger partial charge in [0.15, 0.2) is 0 Å². The van der Waals surface area contributed by atoms with E-state index in [-0.39, 0.29) is 24.2 Å². The van der Waals surface area contributed by atoms with Crippen LogP contribution in [0.4, 0.5) is 10.1 Å². The van der Waals surface area contributed by atoms with Crippen molar-refractivity contribution in [2.45, 2.75) is 25.9 Å². The number of carbonyl (C=O) groups is 2. The predicted octanol–water partition coefficient (Wildman–Crippen LogP) is 2.67. The zero-order chi connectivity index (χ0) is 18.7. The Morgan fingerprint density at radius 2 is 1.96 bits per heavy atom. The first-order chi connectivity index (χ1) is 12.5. The van der Waals surface area contributed by atoms with E-state index in [9.17, 15) is 14.0 Å². The molecule has 0 spiro atoms. The van der Waals surface area contributed by atoms with E-state index in [0.717, 1.165) is 11.1 Å². The molecule has 1 aliphatic rings. The Morgan fingerprint density at radius 1 is 1.23 bits per heavy atom. The fourth-order valence-corrected chi connectivity index (χ4v) is 3.17. The molecule has 0 saturated carbocycles. The summed E-state index contributed by atoms with van der Waals surface area (Å²) in [7, 11) is 1.34. The Labute approximate surface area is 151 Å². The molecule has 1 atom stereocenters. The first kappa shape index (κ1) is 18.1. The molecular weight excluding hydrogens is 335 g/mol. The average molecular weight is 356 g/mol. The monoisotopic (exact) mass is 356 g/mol. The first-order valence-corrected chi connectivity index (χ1v) is 8.42. The number of rotatable bonds is 4. The summed E-state index contributed by atoms with van der Waals surface area (Å²) in [6, 6.07) is 11.9. The number of amides is 1. The number of methoxy groups -OCH3 is 1. The standard InChI is InChI=1S/C20H21FN2O3/c1-13-7-8-16(10-17(13)21)22-19(24)12-23-11-15-6-4-3-5-14(15)9-18(23)20(25)26-2/h3-8,10,18H,9,11-12H2,1-2H3,(H,22,24)/t18-/m0/s1. The maximum absolute atomic E-state index is 13.6. The predicted molar refractivity (Wildman–Crippen MR) is 96.1 cm³/mol. The van der Waals surface area contributed by atoms with E-state index in [0.29, 0.717) is 24.2 Å².